The summed E-state index contributed by atoms with van der Waals surface area (Å²) in [6.45, 7) is 9.14. The summed E-state index contributed by atoms with van der Waals surface area (Å²) in [4.78, 5) is 0. The van der Waals surface area contributed by atoms with Gasteiger partial charge in [0.15, 0.2) is 0 Å². The van der Waals surface area contributed by atoms with Crippen molar-refractivity contribution in [1.29, 1.82) is 0 Å². The van der Waals surface area contributed by atoms with Gasteiger partial charge in [0.1, 0.15) is 0 Å². The highest BCUT2D eigenvalue weighted by molar-refractivity contribution is 7.38. The van der Waals surface area contributed by atoms with E-state index in [1.54, 1.807) is 0 Å². The second-order valence-corrected chi connectivity index (χ2v) is 43.0. The molecule has 0 N–H and O–H groups in total. The summed E-state index contributed by atoms with van der Waals surface area (Å²) < 4.78 is 22.9. The molecule has 124 heavy (non-hydrogen) atoms. The van der Waals surface area contributed by atoms with E-state index < -0.39 is 0 Å². The Hall–Kier alpha value is -8.64. The fraction of sp³-hybridized carbons (Fsp3) is 0.310. The molecule has 0 atom stereocenters. The number of rotatable bonds is 36. The average molecular weight is 1770 g/mol. The van der Waals surface area contributed by atoms with Gasteiger partial charge in [0.25, 0.3) is 0 Å². The number of benzene rings is 12. The summed E-state index contributed by atoms with van der Waals surface area (Å²) in [5.41, 5.74) is 16.5. The highest BCUT2D eigenvalue weighted by Crippen LogP contribution is 2.50. The molecule has 0 bridgehead atoms. The Balaban J connectivity index is 0.000000117. The number of hydrogen-bond acceptors (Lipinski definition) is 8. The lowest BCUT2D eigenvalue weighted by Crippen LogP contribution is -1.87. The summed E-state index contributed by atoms with van der Waals surface area (Å²) >= 11 is 15.6. The van der Waals surface area contributed by atoms with Crippen LogP contribution in [0.5, 0.6) is 0 Å². The topological polar surface area (TPSA) is 0 Å². The van der Waals surface area contributed by atoms with Crippen LogP contribution in [0.3, 0.4) is 0 Å². The maximum Gasteiger partial charge on any atom is 0.0542 e. The van der Waals surface area contributed by atoms with Crippen molar-refractivity contribution in [1.82, 2.24) is 0 Å². The summed E-state index contributed by atoms with van der Waals surface area (Å²) in [5, 5.41) is 11.3. The lowest BCUT2D eigenvalue weighted by Gasteiger charge is -2.06. The predicted octanol–water partition coefficient (Wildman–Crippen LogP) is 40.9. The Morgan fingerprint density at radius 2 is 0.339 bits per heavy atom. The molecule has 0 unspecified atom stereocenters. The molecule has 20 aromatic rings. The molecule has 0 radical (unpaired) electrons. The fourth-order valence-electron chi connectivity index (χ4n) is 18.2. The van der Waals surface area contributed by atoms with Crippen molar-refractivity contribution >= 4 is 209 Å². The fourth-order valence-corrected chi connectivity index (χ4v) is 29.1. The molecule has 0 aliphatic rings. The van der Waals surface area contributed by atoms with Crippen LogP contribution in [0.25, 0.3) is 163 Å². The van der Waals surface area contributed by atoms with Crippen molar-refractivity contribution in [2.24, 2.45) is 0 Å². The van der Waals surface area contributed by atoms with Crippen LogP contribution in [0, 0.1) is 0 Å². The van der Waals surface area contributed by atoms with Gasteiger partial charge in [-0.1, -0.05) is 400 Å². The minimum atomic E-state index is 1.21. The van der Waals surface area contributed by atoms with E-state index in [-0.39, 0.29) is 0 Å². The Labute approximate surface area is 768 Å². The number of unbranched alkanes of at least 4 members (excludes halogenated alkanes) is 24. The molecule has 0 spiro atoms. The molecule has 0 saturated heterocycles. The third-order valence-electron chi connectivity index (χ3n) is 25.3. The SMILES string of the molecule is CCCCCCCCCCc1ccc(-c2ccc3c(c2)sc2c4ccccc4sc32)cc1.CCCCCCCCCCc1ccc(-c2ccc3c(c2)sc2c4ccccc4sc32)cc1.CCCCCCCCc1ccc2c(c1)sc1c3ccc(-c4ccccc4)cc3sc21.CCCCCCCCc1ccc2c(c1)sc1c3ccc(-c4ccccc4)cc3sc21. The van der Waals surface area contributed by atoms with E-state index in [4.69, 9.17) is 0 Å². The first-order valence-corrected chi connectivity index (χ1v) is 53.6. The number of aryl methyl sites for hydroxylation is 4. The monoisotopic (exact) mass is 1770 g/mol. The molecule has 0 fully saturated rings. The summed E-state index contributed by atoms with van der Waals surface area (Å²) in [6, 6.07) is 99.8. The van der Waals surface area contributed by atoms with E-state index in [0.29, 0.717) is 0 Å². The van der Waals surface area contributed by atoms with Crippen LogP contribution in [0.4, 0.5) is 0 Å². The van der Waals surface area contributed by atoms with E-state index >= 15 is 0 Å². The van der Waals surface area contributed by atoms with Gasteiger partial charge in [0, 0.05) is 80.7 Å². The van der Waals surface area contributed by atoms with Gasteiger partial charge in [-0.25, -0.2) is 0 Å². The maximum atomic E-state index is 2.45. The first-order chi connectivity index (χ1) is 61.3. The number of thiophene rings is 8. The van der Waals surface area contributed by atoms with Gasteiger partial charge in [-0.05, 0) is 167 Å². The van der Waals surface area contributed by atoms with Crippen LogP contribution in [0.1, 0.15) is 230 Å². The summed E-state index contributed by atoms with van der Waals surface area (Å²) in [5.74, 6) is 0. The standard InChI is InChI=1S/2C30H32S2.2C28H28S2/c2*1-2-3-4-5-6-7-8-9-12-22-15-17-23(18-16-22)24-19-20-26-28(21-24)32-29-25-13-10-11-14-27(25)31-30(26)29;2*1-2-3-4-5-6-8-11-20-14-16-23-25(18-20)29-28-24-17-15-22(19-26(24)30-27(23)28)21-12-9-7-10-13-21/h2*10-11,13-21H,2-9,12H2,1H3;2*7,9-10,12-19H,2-6,8,11H2,1H3. The molecule has 8 heteroatoms. The molecule has 632 valence electrons. The second kappa shape index (κ2) is 43.7. The molecule has 8 heterocycles. The second-order valence-electron chi connectivity index (χ2n) is 34.6. The number of hydrogen-bond donors (Lipinski definition) is 0. The van der Waals surface area contributed by atoms with Crippen molar-refractivity contribution in [3.8, 4) is 44.5 Å². The van der Waals surface area contributed by atoms with Crippen molar-refractivity contribution in [3.05, 3.63) is 289 Å². The Kier molecular flexibility index (Phi) is 30.8. The molecule has 0 aliphatic heterocycles. The molecule has 0 saturated carbocycles. The number of fused-ring (bicyclic) bond motifs is 20. The van der Waals surface area contributed by atoms with Gasteiger partial charge in [-0.2, -0.15) is 0 Å². The molecule has 12 aromatic carbocycles. The smallest absolute Gasteiger partial charge is 0.0542 e. The van der Waals surface area contributed by atoms with E-state index in [2.05, 4.69) is 295 Å². The van der Waals surface area contributed by atoms with Crippen LogP contribution >= 0.6 is 90.7 Å². The molecule has 20 rings (SSSR count). The first kappa shape index (κ1) is 87.4. The van der Waals surface area contributed by atoms with Gasteiger partial charge in [0.05, 0.1) is 37.6 Å². The largest absolute Gasteiger partial charge is 0.134 e. The zero-order valence-corrected chi connectivity index (χ0v) is 79.8. The minimum absolute atomic E-state index is 1.21. The van der Waals surface area contributed by atoms with Crippen molar-refractivity contribution < 1.29 is 0 Å². The quantitative estimate of drug-likeness (QED) is 0.0343. The molecule has 8 aromatic heterocycles. The lowest BCUT2D eigenvalue weighted by molar-refractivity contribution is 0.575. The lowest BCUT2D eigenvalue weighted by atomic mass is 10.00. The Bertz CT molecular complexity index is 6390. The van der Waals surface area contributed by atoms with E-state index in [0.717, 1.165) is 0 Å². The van der Waals surface area contributed by atoms with Crippen molar-refractivity contribution in [2.75, 3.05) is 0 Å². The molecular weight excluding hydrogens is 1650 g/mol. The Morgan fingerprint density at radius 1 is 0.145 bits per heavy atom. The minimum Gasteiger partial charge on any atom is -0.134 e. The van der Waals surface area contributed by atoms with Gasteiger partial charge >= 0.3 is 0 Å². The maximum absolute atomic E-state index is 2.45. The van der Waals surface area contributed by atoms with Gasteiger partial charge in [-0.3, -0.25) is 0 Å². The van der Waals surface area contributed by atoms with Gasteiger partial charge in [-0.15, -0.1) is 90.7 Å². The van der Waals surface area contributed by atoms with Crippen LogP contribution in [-0.4, -0.2) is 0 Å². The molecular formula is C116H120S8. The highest BCUT2D eigenvalue weighted by Gasteiger charge is 2.19. The third kappa shape index (κ3) is 21.3. The van der Waals surface area contributed by atoms with E-state index in [1.807, 2.05) is 90.7 Å². The van der Waals surface area contributed by atoms with Crippen LogP contribution in [0.2, 0.25) is 0 Å². The predicted molar refractivity (Wildman–Crippen MR) is 567 cm³/mol. The first-order valence-electron chi connectivity index (χ1n) is 47.1. The van der Waals surface area contributed by atoms with Crippen LogP contribution in [0.15, 0.2) is 267 Å². The zero-order chi connectivity index (χ0) is 84.2. The van der Waals surface area contributed by atoms with E-state index in [1.165, 1.54) is 391 Å². The van der Waals surface area contributed by atoms with Crippen molar-refractivity contribution in [2.45, 2.75) is 233 Å². The average Bonchev–Trinajstić information content (AvgIpc) is 1.61. The van der Waals surface area contributed by atoms with Crippen molar-refractivity contribution in [3.63, 3.8) is 0 Å². The third-order valence-corrected chi connectivity index (χ3v) is 35.4. The molecule has 0 nitrogen and oxygen atoms in total. The summed E-state index contributed by atoms with van der Waals surface area (Å²) in [7, 11) is 0. The zero-order valence-electron chi connectivity index (χ0n) is 73.3. The molecule has 0 aliphatic carbocycles. The highest BCUT2D eigenvalue weighted by atomic mass is 32.1. The summed E-state index contributed by atoms with van der Waals surface area (Å²) in [6.07, 6.45) is 43.4. The normalized spacial score (nSPS) is 11.8. The van der Waals surface area contributed by atoms with E-state index in [9.17, 15) is 0 Å². The van der Waals surface area contributed by atoms with Gasteiger partial charge < -0.3 is 0 Å². The van der Waals surface area contributed by atoms with Gasteiger partial charge in [0.2, 0.25) is 0 Å². The van der Waals surface area contributed by atoms with Crippen LogP contribution in [-0.2, 0) is 25.7 Å². The van der Waals surface area contributed by atoms with Crippen LogP contribution < -0.4 is 0 Å². The molecule has 0 amide bonds. The Morgan fingerprint density at radius 3 is 0.621 bits per heavy atom.